The third-order valence-corrected chi connectivity index (χ3v) is 6.39. The number of halogens is 2. The number of fused-ring (bicyclic) bond motifs is 1. The van der Waals surface area contributed by atoms with Crippen LogP contribution in [0.3, 0.4) is 0 Å². The predicted octanol–water partition coefficient (Wildman–Crippen LogP) is 5.82. The summed E-state index contributed by atoms with van der Waals surface area (Å²) in [6, 6.07) is 20.8. The van der Waals surface area contributed by atoms with Crippen LogP contribution in [0.2, 0.25) is 10.0 Å². The molecular weight excluding hydrogens is 457 g/mol. The van der Waals surface area contributed by atoms with E-state index in [1.807, 2.05) is 67.7 Å². The number of rotatable bonds is 5. The number of benzene rings is 3. The molecule has 165 valence electrons. The second-order valence-corrected chi connectivity index (χ2v) is 8.99. The average Bonchev–Trinajstić information content (AvgIpc) is 2.82. The summed E-state index contributed by atoms with van der Waals surface area (Å²) < 4.78 is 0. The van der Waals surface area contributed by atoms with Crippen LogP contribution in [0.15, 0.2) is 76.3 Å². The van der Waals surface area contributed by atoms with Crippen LogP contribution < -0.4 is 21.5 Å². The third-order valence-electron chi connectivity index (χ3n) is 5.83. The maximum absolute atomic E-state index is 12.2. The molecule has 0 aliphatic carbocycles. The minimum atomic E-state index is -0.530. The fourth-order valence-corrected chi connectivity index (χ4v) is 4.75. The van der Waals surface area contributed by atoms with Gasteiger partial charge in [0.2, 0.25) is 0 Å². The number of nitrogens with one attached hydrogen (secondary N) is 2. The van der Waals surface area contributed by atoms with Gasteiger partial charge in [-0.2, -0.15) is 0 Å². The van der Waals surface area contributed by atoms with E-state index in [9.17, 15) is 9.59 Å². The van der Waals surface area contributed by atoms with Gasteiger partial charge in [0, 0.05) is 40.4 Å². The van der Waals surface area contributed by atoms with E-state index in [2.05, 4.69) is 22.1 Å². The van der Waals surface area contributed by atoms with Crippen molar-refractivity contribution in [3.63, 3.8) is 0 Å². The molecule has 1 heterocycles. The summed E-state index contributed by atoms with van der Waals surface area (Å²) in [5, 5.41) is 7.39. The molecule has 1 aliphatic rings. The molecular formula is C26H20Cl2N3O2. The van der Waals surface area contributed by atoms with E-state index >= 15 is 0 Å². The molecule has 4 aromatic carbocycles. The van der Waals surface area contributed by atoms with Crippen molar-refractivity contribution in [2.75, 3.05) is 17.7 Å². The molecule has 0 aromatic heterocycles. The Morgan fingerprint density at radius 2 is 1.45 bits per heavy atom. The standard InChI is InChI=1S/C26H20Cl2N3O2/c1-31-13-20(19-11-16(27)12-22(28)21(19)14-31)15-7-9-18(10-8-15)30-24-23(25(32)26(24)33)29-17-5-3-2-4-6-17/h2-13,20,29-30H,14H2,1H3. The van der Waals surface area contributed by atoms with Gasteiger partial charge in [0.05, 0.1) is 0 Å². The van der Waals surface area contributed by atoms with Crippen LogP contribution in [0.25, 0.3) is 0 Å². The average molecular weight is 477 g/mol. The zero-order valence-corrected chi connectivity index (χ0v) is 19.2. The minimum absolute atomic E-state index is 0.00503. The van der Waals surface area contributed by atoms with Crippen molar-refractivity contribution < 1.29 is 0 Å². The van der Waals surface area contributed by atoms with Crippen LogP contribution in [0.4, 0.5) is 22.7 Å². The maximum atomic E-state index is 12.2. The highest BCUT2D eigenvalue weighted by molar-refractivity contribution is 6.35. The van der Waals surface area contributed by atoms with Gasteiger partial charge in [-0.3, -0.25) is 14.5 Å². The van der Waals surface area contributed by atoms with Gasteiger partial charge in [0.15, 0.2) is 0 Å². The van der Waals surface area contributed by atoms with Crippen molar-refractivity contribution in [1.82, 2.24) is 4.90 Å². The second-order valence-electron chi connectivity index (χ2n) is 8.14. The normalized spacial score (nSPS) is 15.9. The Morgan fingerprint density at radius 1 is 0.848 bits per heavy atom. The van der Waals surface area contributed by atoms with Crippen molar-refractivity contribution in [3.8, 4) is 0 Å². The monoisotopic (exact) mass is 476 g/mol. The smallest absolute Gasteiger partial charge is 0.253 e. The molecule has 0 saturated heterocycles. The zero-order valence-electron chi connectivity index (χ0n) is 17.7. The van der Waals surface area contributed by atoms with Gasteiger partial charge in [-0.05, 0) is 60.1 Å². The first-order valence-corrected chi connectivity index (χ1v) is 11.2. The van der Waals surface area contributed by atoms with Crippen molar-refractivity contribution in [2.45, 2.75) is 12.5 Å². The highest BCUT2D eigenvalue weighted by atomic mass is 35.5. The molecule has 1 aliphatic heterocycles. The molecule has 2 N–H and O–H groups in total. The van der Waals surface area contributed by atoms with Gasteiger partial charge in [0.25, 0.3) is 10.9 Å². The second kappa shape index (κ2) is 8.67. The Balaban J connectivity index is 1.40. The molecule has 33 heavy (non-hydrogen) atoms. The van der Waals surface area contributed by atoms with Crippen LogP contribution in [0.5, 0.6) is 0 Å². The summed E-state index contributed by atoms with van der Waals surface area (Å²) in [6.07, 6.45) is 0. The lowest BCUT2D eigenvalue weighted by molar-refractivity contribution is 0.359. The molecule has 5 nitrogen and oxygen atoms in total. The number of nitrogens with zero attached hydrogens (tertiary/aromatic N) is 1. The first-order chi connectivity index (χ1) is 15.9. The molecule has 1 atom stereocenters. The van der Waals surface area contributed by atoms with Crippen LogP contribution in [0.1, 0.15) is 22.6 Å². The van der Waals surface area contributed by atoms with E-state index in [-0.39, 0.29) is 17.3 Å². The van der Waals surface area contributed by atoms with Gasteiger partial charge in [0.1, 0.15) is 11.4 Å². The van der Waals surface area contributed by atoms with E-state index in [1.54, 1.807) is 6.07 Å². The van der Waals surface area contributed by atoms with Crippen LogP contribution in [-0.4, -0.2) is 11.9 Å². The number of hydrogen-bond donors (Lipinski definition) is 2. The van der Waals surface area contributed by atoms with Gasteiger partial charge in [-0.15, -0.1) is 0 Å². The van der Waals surface area contributed by atoms with Crippen molar-refractivity contribution >= 4 is 46.0 Å². The molecule has 1 radical (unpaired) electrons. The lowest BCUT2D eigenvalue weighted by Crippen LogP contribution is -2.35. The summed E-state index contributed by atoms with van der Waals surface area (Å²) in [6.45, 7) is 2.87. The van der Waals surface area contributed by atoms with Gasteiger partial charge in [-0.25, -0.2) is 0 Å². The van der Waals surface area contributed by atoms with E-state index in [0.717, 1.165) is 34.6 Å². The van der Waals surface area contributed by atoms with E-state index in [0.29, 0.717) is 10.0 Å². The van der Waals surface area contributed by atoms with E-state index in [1.165, 1.54) is 0 Å². The number of likely N-dealkylation sites (N-methyl/N-ethyl adjacent to an activating group) is 1. The Hall–Kier alpha value is -3.12. The molecule has 0 fully saturated rings. The van der Waals surface area contributed by atoms with Crippen molar-refractivity contribution in [1.29, 1.82) is 0 Å². The SMILES string of the molecule is CN1[CH]C(c2ccc(Nc3c(Nc4ccccc4)c(=O)c3=O)cc2)c2cc(Cl)cc(Cl)c2C1. The van der Waals surface area contributed by atoms with Crippen LogP contribution in [-0.2, 0) is 6.54 Å². The minimum Gasteiger partial charge on any atom is -0.350 e. The Labute approximate surface area is 201 Å². The van der Waals surface area contributed by atoms with E-state index < -0.39 is 10.9 Å². The number of anilines is 4. The Bertz CT molecular complexity index is 1390. The molecule has 5 rings (SSSR count). The fourth-order valence-electron chi connectivity index (χ4n) is 4.18. The summed E-state index contributed by atoms with van der Waals surface area (Å²) >= 11 is 12.7. The molecule has 7 heteroatoms. The number of para-hydroxylation sites is 1. The Morgan fingerprint density at radius 3 is 2.09 bits per heavy atom. The lowest BCUT2D eigenvalue weighted by atomic mass is 9.84. The first-order valence-electron chi connectivity index (χ1n) is 10.5. The highest BCUT2D eigenvalue weighted by Gasteiger charge is 2.27. The van der Waals surface area contributed by atoms with Gasteiger partial charge in [-0.1, -0.05) is 53.5 Å². The third kappa shape index (κ3) is 4.15. The maximum Gasteiger partial charge on any atom is 0.253 e. The first kappa shape index (κ1) is 21.7. The predicted molar refractivity (Wildman–Crippen MR) is 135 cm³/mol. The summed E-state index contributed by atoms with van der Waals surface area (Å²) in [5.41, 5.74) is 4.17. The molecule has 1 unspecified atom stereocenters. The summed E-state index contributed by atoms with van der Waals surface area (Å²) in [4.78, 5) is 26.4. The van der Waals surface area contributed by atoms with Crippen molar-refractivity contribution in [3.05, 3.63) is 120 Å². The Kier molecular flexibility index (Phi) is 5.71. The fraction of sp³-hybridized carbons (Fsp3) is 0.115. The largest absolute Gasteiger partial charge is 0.350 e. The summed E-state index contributed by atoms with van der Waals surface area (Å²) in [5.74, 6) is 0.00503. The molecule has 0 bridgehead atoms. The van der Waals surface area contributed by atoms with Gasteiger partial charge < -0.3 is 10.6 Å². The zero-order chi connectivity index (χ0) is 23.1. The quantitative estimate of drug-likeness (QED) is 0.355. The highest BCUT2D eigenvalue weighted by Crippen LogP contribution is 2.40. The van der Waals surface area contributed by atoms with Crippen molar-refractivity contribution in [2.24, 2.45) is 0 Å². The molecule has 0 amide bonds. The molecule has 4 aromatic rings. The molecule has 0 spiro atoms. The lowest BCUT2D eigenvalue weighted by Gasteiger charge is -2.33. The van der Waals surface area contributed by atoms with Crippen LogP contribution >= 0.6 is 23.2 Å². The van der Waals surface area contributed by atoms with Crippen LogP contribution in [0, 0.1) is 6.54 Å². The topological polar surface area (TPSA) is 61.4 Å². The van der Waals surface area contributed by atoms with Gasteiger partial charge >= 0.3 is 0 Å². The molecule has 0 saturated carbocycles. The summed E-state index contributed by atoms with van der Waals surface area (Å²) in [7, 11) is 2.02. The van der Waals surface area contributed by atoms with E-state index in [4.69, 9.17) is 23.2 Å². The number of hydrogen-bond acceptors (Lipinski definition) is 5.